The van der Waals surface area contributed by atoms with E-state index < -0.39 is 0 Å². The van der Waals surface area contributed by atoms with E-state index in [1.807, 2.05) is 62.4 Å². The first-order valence-corrected chi connectivity index (χ1v) is 6.94. The number of rotatable bonds is 6. The van der Waals surface area contributed by atoms with Crippen molar-refractivity contribution in [1.82, 2.24) is 0 Å². The Kier molecular flexibility index (Phi) is 5.27. The molecule has 0 fully saturated rings. The number of hydrogen-bond acceptors (Lipinski definition) is 3. The van der Waals surface area contributed by atoms with Crippen LogP contribution in [0.5, 0.6) is 11.5 Å². The number of aryl methyl sites for hydroxylation is 1. The predicted molar refractivity (Wildman–Crippen MR) is 84.4 cm³/mol. The summed E-state index contributed by atoms with van der Waals surface area (Å²) in [5.41, 5.74) is 2.09. The lowest BCUT2D eigenvalue weighted by Crippen LogP contribution is -1.97. The van der Waals surface area contributed by atoms with Crippen LogP contribution in [-0.2, 0) is 4.74 Å². The van der Waals surface area contributed by atoms with Gasteiger partial charge in [-0.1, -0.05) is 36.4 Å². The van der Waals surface area contributed by atoms with Gasteiger partial charge in [-0.2, -0.15) is 0 Å². The fourth-order valence-corrected chi connectivity index (χ4v) is 1.93. The van der Waals surface area contributed by atoms with Crippen LogP contribution in [-0.4, -0.2) is 13.7 Å². The van der Waals surface area contributed by atoms with E-state index in [0.29, 0.717) is 18.1 Å². The van der Waals surface area contributed by atoms with E-state index in [1.54, 1.807) is 13.4 Å². The van der Waals surface area contributed by atoms with E-state index in [1.165, 1.54) is 0 Å². The second-order valence-corrected chi connectivity index (χ2v) is 4.55. The summed E-state index contributed by atoms with van der Waals surface area (Å²) in [6, 6.07) is 15.7. The molecule has 2 aromatic rings. The van der Waals surface area contributed by atoms with Gasteiger partial charge in [-0.25, -0.2) is 0 Å². The Morgan fingerprint density at radius 2 is 1.81 bits per heavy atom. The van der Waals surface area contributed by atoms with Crippen LogP contribution < -0.4 is 9.47 Å². The summed E-state index contributed by atoms with van der Waals surface area (Å²) in [6.45, 7) is 4.57. The van der Waals surface area contributed by atoms with Gasteiger partial charge in [-0.15, -0.1) is 0 Å². The van der Waals surface area contributed by atoms with E-state index >= 15 is 0 Å². The maximum Gasteiger partial charge on any atom is 0.168 e. The van der Waals surface area contributed by atoms with Gasteiger partial charge in [0.1, 0.15) is 6.26 Å². The summed E-state index contributed by atoms with van der Waals surface area (Å²) in [7, 11) is 1.63. The van der Waals surface area contributed by atoms with Crippen molar-refractivity contribution in [3.8, 4) is 11.5 Å². The van der Waals surface area contributed by atoms with Crippen LogP contribution in [0.2, 0.25) is 0 Å². The topological polar surface area (TPSA) is 27.7 Å². The third-order valence-corrected chi connectivity index (χ3v) is 2.97. The predicted octanol–water partition coefficient (Wildman–Crippen LogP) is 4.42. The minimum Gasteiger partial charge on any atom is -0.493 e. The number of ether oxygens (including phenoxy) is 3. The molecule has 0 atom stereocenters. The van der Waals surface area contributed by atoms with Crippen LogP contribution in [0.25, 0.3) is 5.76 Å². The molecule has 3 heteroatoms. The van der Waals surface area contributed by atoms with Gasteiger partial charge in [-0.05, 0) is 31.5 Å². The largest absolute Gasteiger partial charge is 0.493 e. The molecule has 0 radical (unpaired) electrons. The van der Waals surface area contributed by atoms with E-state index in [4.69, 9.17) is 14.2 Å². The molecule has 2 aromatic carbocycles. The summed E-state index contributed by atoms with van der Waals surface area (Å²) >= 11 is 0. The quantitative estimate of drug-likeness (QED) is 0.735. The van der Waals surface area contributed by atoms with Crippen LogP contribution in [0.15, 0.2) is 54.8 Å². The smallest absolute Gasteiger partial charge is 0.168 e. The third-order valence-electron chi connectivity index (χ3n) is 2.97. The summed E-state index contributed by atoms with van der Waals surface area (Å²) < 4.78 is 16.7. The van der Waals surface area contributed by atoms with Crippen LogP contribution in [0, 0.1) is 6.92 Å². The number of hydrogen-bond donors (Lipinski definition) is 0. The monoisotopic (exact) mass is 284 g/mol. The van der Waals surface area contributed by atoms with Crippen molar-refractivity contribution in [2.75, 3.05) is 13.7 Å². The van der Waals surface area contributed by atoms with Crippen molar-refractivity contribution in [1.29, 1.82) is 0 Å². The van der Waals surface area contributed by atoms with E-state index in [9.17, 15) is 0 Å². The first-order chi connectivity index (χ1) is 10.2. The molecule has 0 aromatic heterocycles. The van der Waals surface area contributed by atoms with Crippen molar-refractivity contribution < 1.29 is 14.2 Å². The van der Waals surface area contributed by atoms with Crippen LogP contribution in [0.3, 0.4) is 0 Å². The lowest BCUT2D eigenvalue weighted by Gasteiger charge is -2.11. The number of methoxy groups -OCH3 is 1. The molecule has 0 spiro atoms. The lowest BCUT2D eigenvalue weighted by atomic mass is 10.2. The van der Waals surface area contributed by atoms with Gasteiger partial charge < -0.3 is 14.2 Å². The van der Waals surface area contributed by atoms with Crippen LogP contribution >= 0.6 is 0 Å². The molecule has 2 rings (SSSR count). The van der Waals surface area contributed by atoms with Gasteiger partial charge >= 0.3 is 0 Å². The van der Waals surface area contributed by atoms with Gasteiger partial charge in [0.25, 0.3) is 0 Å². The van der Waals surface area contributed by atoms with Crippen molar-refractivity contribution in [3.63, 3.8) is 0 Å². The molecule has 0 heterocycles. The third kappa shape index (κ3) is 4.02. The van der Waals surface area contributed by atoms with Crippen molar-refractivity contribution in [3.05, 3.63) is 65.9 Å². The molecule has 3 nitrogen and oxygen atoms in total. The van der Waals surface area contributed by atoms with Crippen LogP contribution in [0.4, 0.5) is 0 Å². The maximum atomic E-state index is 5.74. The zero-order valence-electron chi connectivity index (χ0n) is 12.6. The highest BCUT2D eigenvalue weighted by molar-refractivity contribution is 5.59. The second kappa shape index (κ2) is 7.39. The molecular weight excluding hydrogens is 264 g/mol. The zero-order valence-corrected chi connectivity index (χ0v) is 12.6. The van der Waals surface area contributed by atoms with E-state index in [2.05, 4.69) is 0 Å². The Hall–Kier alpha value is -2.42. The molecule has 0 unspecified atom stereocenters. The van der Waals surface area contributed by atoms with Crippen molar-refractivity contribution >= 4 is 5.76 Å². The standard InChI is InChI=1S/C18H20O3/c1-4-20-17-12-14(2)10-11-16(17)21-13-18(19-3)15-8-6-5-7-9-15/h5-13H,4H2,1-3H3. The zero-order chi connectivity index (χ0) is 15.1. The Morgan fingerprint density at radius 1 is 1.05 bits per heavy atom. The fraction of sp³-hybridized carbons (Fsp3) is 0.222. The average Bonchev–Trinajstić information content (AvgIpc) is 2.51. The molecule has 0 aliphatic heterocycles. The molecule has 0 saturated heterocycles. The Balaban J connectivity index is 2.23. The molecule has 0 aliphatic rings. The Labute approximate surface area is 125 Å². The molecule has 21 heavy (non-hydrogen) atoms. The van der Waals surface area contributed by atoms with Crippen LogP contribution in [0.1, 0.15) is 18.1 Å². The molecule has 0 amide bonds. The summed E-state index contributed by atoms with van der Waals surface area (Å²) in [6.07, 6.45) is 1.60. The van der Waals surface area contributed by atoms with E-state index in [0.717, 1.165) is 16.9 Å². The van der Waals surface area contributed by atoms with Crippen molar-refractivity contribution in [2.45, 2.75) is 13.8 Å². The van der Waals surface area contributed by atoms with Gasteiger partial charge in [0.05, 0.1) is 13.7 Å². The van der Waals surface area contributed by atoms with Gasteiger partial charge in [0.15, 0.2) is 17.3 Å². The average molecular weight is 284 g/mol. The first-order valence-electron chi connectivity index (χ1n) is 6.94. The molecule has 0 aliphatic carbocycles. The normalized spacial score (nSPS) is 11.1. The fourth-order valence-electron chi connectivity index (χ4n) is 1.93. The Morgan fingerprint density at radius 3 is 2.48 bits per heavy atom. The minimum atomic E-state index is 0.597. The summed E-state index contributed by atoms with van der Waals surface area (Å²) in [5, 5.41) is 0. The highest BCUT2D eigenvalue weighted by Gasteiger charge is 2.06. The van der Waals surface area contributed by atoms with Crippen molar-refractivity contribution in [2.24, 2.45) is 0 Å². The highest BCUT2D eigenvalue weighted by atomic mass is 16.5. The maximum absolute atomic E-state index is 5.74. The lowest BCUT2D eigenvalue weighted by molar-refractivity contribution is 0.315. The molecular formula is C18H20O3. The molecule has 0 bridgehead atoms. The van der Waals surface area contributed by atoms with E-state index in [-0.39, 0.29) is 0 Å². The number of benzene rings is 2. The first kappa shape index (κ1) is 15.0. The summed E-state index contributed by atoms with van der Waals surface area (Å²) in [5.74, 6) is 2.07. The highest BCUT2D eigenvalue weighted by Crippen LogP contribution is 2.29. The van der Waals surface area contributed by atoms with Gasteiger partial charge in [-0.3, -0.25) is 0 Å². The minimum absolute atomic E-state index is 0.597. The van der Waals surface area contributed by atoms with Gasteiger partial charge in [0, 0.05) is 5.56 Å². The SMILES string of the molecule is CCOc1cc(C)ccc1OC=C(OC)c1ccccc1. The molecule has 0 N–H and O–H groups in total. The summed E-state index contributed by atoms with van der Waals surface area (Å²) in [4.78, 5) is 0. The molecule has 0 saturated carbocycles. The Bertz CT molecular complexity index is 603. The van der Waals surface area contributed by atoms with Gasteiger partial charge in [0.2, 0.25) is 0 Å². The molecule has 110 valence electrons. The second-order valence-electron chi connectivity index (χ2n) is 4.55.